The second kappa shape index (κ2) is 7.86. The molecule has 0 aliphatic heterocycles. The second-order valence-electron chi connectivity index (χ2n) is 4.93. The van der Waals surface area contributed by atoms with Crippen LogP contribution in [-0.4, -0.2) is 16.0 Å². The number of carbonyl (C=O) groups is 1. The van der Waals surface area contributed by atoms with Crippen LogP contribution in [0.4, 0.5) is 27.6 Å². The van der Waals surface area contributed by atoms with Gasteiger partial charge in [-0.2, -0.15) is 26.9 Å². The highest BCUT2D eigenvalue weighted by Crippen LogP contribution is 2.29. The number of anilines is 1. The summed E-state index contributed by atoms with van der Waals surface area (Å²) in [5.74, 6) is -2.04. The van der Waals surface area contributed by atoms with Gasteiger partial charge in [0.1, 0.15) is 0 Å². The SMILES string of the molecule is O=C(CCCC=C(F)F)Nc1ccc(-c2noc(C(F)(F)F)n2)cc1. The molecule has 0 saturated heterocycles. The van der Waals surface area contributed by atoms with E-state index < -0.39 is 18.1 Å². The van der Waals surface area contributed by atoms with Crippen LogP contribution < -0.4 is 5.32 Å². The monoisotopic (exact) mass is 361 g/mol. The summed E-state index contributed by atoms with van der Waals surface area (Å²) in [7, 11) is 0. The molecule has 0 spiro atoms. The van der Waals surface area contributed by atoms with Gasteiger partial charge in [0.15, 0.2) is 0 Å². The Morgan fingerprint density at radius 2 is 1.88 bits per heavy atom. The Morgan fingerprint density at radius 3 is 2.44 bits per heavy atom. The summed E-state index contributed by atoms with van der Waals surface area (Å²) in [6, 6.07) is 5.75. The molecule has 134 valence electrons. The van der Waals surface area contributed by atoms with E-state index in [4.69, 9.17) is 0 Å². The third-order valence-corrected chi connectivity index (χ3v) is 3.00. The predicted octanol–water partition coefficient (Wildman–Crippen LogP) is 4.64. The number of benzene rings is 1. The largest absolute Gasteiger partial charge is 0.471 e. The molecule has 0 aliphatic carbocycles. The number of alkyl halides is 3. The number of halogens is 5. The maximum atomic E-state index is 12.4. The summed E-state index contributed by atoms with van der Waals surface area (Å²) < 4.78 is 65.0. The lowest BCUT2D eigenvalue weighted by Crippen LogP contribution is -2.10. The van der Waals surface area contributed by atoms with Crippen LogP contribution in [0.3, 0.4) is 0 Å². The first-order valence-corrected chi connectivity index (χ1v) is 7.08. The Hall–Kier alpha value is -2.78. The van der Waals surface area contributed by atoms with E-state index in [1.54, 1.807) is 0 Å². The highest BCUT2D eigenvalue weighted by atomic mass is 19.4. The first-order chi connectivity index (χ1) is 11.8. The summed E-state index contributed by atoms with van der Waals surface area (Å²) in [6.07, 6.45) is -5.35. The number of nitrogens with one attached hydrogen (secondary N) is 1. The average Bonchev–Trinajstić information content (AvgIpc) is 3.02. The van der Waals surface area contributed by atoms with Crippen LogP contribution in [0.25, 0.3) is 11.4 Å². The number of rotatable bonds is 6. The van der Waals surface area contributed by atoms with E-state index in [0.29, 0.717) is 5.69 Å². The van der Waals surface area contributed by atoms with E-state index in [1.165, 1.54) is 24.3 Å². The highest BCUT2D eigenvalue weighted by molar-refractivity contribution is 5.90. The van der Waals surface area contributed by atoms with Gasteiger partial charge < -0.3 is 9.84 Å². The molecular formula is C15H12F5N3O2. The van der Waals surface area contributed by atoms with Crippen molar-refractivity contribution in [2.75, 3.05) is 5.32 Å². The fraction of sp³-hybridized carbons (Fsp3) is 0.267. The molecule has 0 aliphatic rings. The van der Waals surface area contributed by atoms with Gasteiger partial charge in [-0.1, -0.05) is 5.16 Å². The second-order valence-corrected chi connectivity index (χ2v) is 4.93. The lowest BCUT2D eigenvalue weighted by Gasteiger charge is -2.05. The summed E-state index contributed by atoms with van der Waals surface area (Å²) in [5, 5.41) is 5.79. The summed E-state index contributed by atoms with van der Waals surface area (Å²) >= 11 is 0. The number of carbonyl (C=O) groups excluding carboxylic acids is 1. The zero-order valence-electron chi connectivity index (χ0n) is 12.6. The fourth-order valence-electron chi connectivity index (χ4n) is 1.86. The molecule has 0 atom stereocenters. The smallest absolute Gasteiger partial charge is 0.329 e. The van der Waals surface area contributed by atoms with Gasteiger partial charge in [0.2, 0.25) is 11.7 Å². The Labute approximate surface area is 138 Å². The number of hydrogen-bond donors (Lipinski definition) is 1. The van der Waals surface area contributed by atoms with Crippen molar-refractivity contribution in [3.63, 3.8) is 0 Å². The number of aromatic nitrogens is 2. The Balaban J connectivity index is 1.92. The number of nitrogens with zero attached hydrogens (tertiary/aromatic N) is 2. The Morgan fingerprint density at radius 1 is 1.20 bits per heavy atom. The third-order valence-electron chi connectivity index (χ3n) is 3.00. The first kappa shape index (κ1) is 18.6. The predicted molar refractivity (Wildman–Crippen MR) is 77.5 cm³/mol. The quantitative estimate of drug-likeness (QED) is 0.601. The topological polar surface area (TPSA) is 68.0 Å². The van der Waals surface area contributed by atoms with Crippen LogP contribution in [0, 0.1) is 0 Å². The van der Waals surface area contributed by atoms with Crippen LogP contribution in [0.5, 0.6) is 0 Å². The van der Waals surface area contributed by atoms with Gasteiger partial charge in [0, 0.05) is 17.7 Å². The van der Waals surface area contributed by atoms with E-state index in [1.807, 2.05) is 0 Å². The lowest BCUT2D eigenvalue weighted by molar-refractivity contribution is -0.159. The molecule has 25 heavy (non-hydrogen) atoms. The van der Waals surface area contributed by atoms with Crippen molar-refractivity contribution in [1.29, 1.82) is 0 Å². The minimum absolute atomic E-state index is 0.0608. The molecule has 10 heteroatoms. The van der Waals surface area contributed by atoms with Gasteiger partial charge in [-0.3, -0.25) is 4.79 Å². The molecule has 1 aromatic carbocycles. The van der Waals surface area contributed by atoms with Gasteiger partial charge >= 0.3 is 12.1 Å². The molecule has 0 radical (unpaired) electrons. The average molecular weight is 361 g/mol. The van der Waals surface area contributed by atoms with Gasteiger partial charge in [-0.25, -0.2) is 0 Å². The van der Waals surface area contributed by atoms with Crippen molar-refractivity contribution >= 4 is 11.6 Å². The molecular weight excluding hydrogens is 349 g/mol. The molecule has 0 saturated carbocycles. The zero-order valence-corrected chi connectivity index (χ0v) is 12.6. The molecule has 2 aromatic rings. The maximum absolute atomic E-state index is 12.4. The van der Waals surface area contributed by atoms with Crippen molar-refractivity contribution in [2.24, 2.45) is 0 Å². The van der Waals surface area contributed by atoms with E-state index >= 15 is 0 Å². The van der Waals surface area contributed by atoms with Gasteiger partial charge in [-0.05, 0) is 43.2 Å². The molecule has 0 fully saturated rings. The minimum atomic E-state index is -4.72. The Kier molecular flexibility index (Phi) is 5.84. The summed E-state index contributed by atoms with van der Waals surface area (Å²) in [6.45, 7) is 0. The van der Waals surface area contributed by atoms with Crippen LogP contribution in [-0.2, 0) is 11.0 Å². The van der Waals surface area contributed by atoms with Crippen LogP contribution in [0.15, 0.2) is 40.9 Å². The van der Waals surface area contributed by atoms with Crippen molar-refractivity contribution in [3.8, 4) is 11.4 Å². The standard InChI is InChI=1S/C15H12F5N3O2/c16-11(17)3-1-2-4-12(24)21-10-7-5-9(6-8-10)13-22-14(25-23-13)15(18,19)20/h3,5-8H,1-2,4H2,(H,21,24). The van der Waals surface area contributed by atoms with E-state index in [2.05, 4.69) is 20.0 Å². The van der Waals surface area contributed by atoms with E-state index in [0.717, 1.165) is 6.08 Å². The van der Waals surface area contributed by atoms with Crippen LogP contribution in [0.1, 0.15) is 25.2 Å². The fourth-order valence-corrected chi connectivity index (χ4v) is 1.86. The normalized spacial score (nSPS) is 11.2. The number of amides is 1. The van der Waals surface area contributed by atoms with Crippen LogP contribution >= 0.6 is 0 Å². The molecule has 5 nitrogen and oxygen atoms in total. The summed E-state index contributed by atoms with van der Waals surface area (Å²) in [5.41, 5.74) is 0.682. The molecule has 0 bridgehead atoms. The van der Waals surface area contributed by atoms with E-state index in [9.17, 15) is 26.7 Å². The molecule has 1 N–H and O–H groups in total. The molecule has 1 aromatic heterocycles. The number of unbranched alkanes of at least 4 members (excludes halogenated alkanes) is 1. The lowest BCUT2D eigenvalue weighted by atomic mass is 10.2. The highest BCUT2D eigenvalue weighted by Gasteiger charge is 2.38. The minimum Gasteiger partial charge on any atom is -0.329 e. The van der Waals surface area contributed by atoms with Gasteiger partial charge in [-0.15, -0.1) is 0 Å². The van der Waals surface area contributed by atoms with Gasteiger partial charge in [0.05, 0.1) is 0 Å². The van der Waals surface area contributed by atoms with Crippen molar-refractivity contribution in [1.82, 2.24) is 10.1 Å². The summed E-state index contributed by atoms with van der Waals surface area (Å²) in [4.78, 5) is 14.9. The van der Waals surface area contributed by atoms with Crippen molar-refractivity contribution in [3.05, 3.63) is 42.3 Å². The number of allylic oxidation sites excluding steroid dienone is 1. The van der Waals surface area contributed by atoms with Crippen LogP contribution in [0.2, 0.25) is 0 Å². The molecule has 2 rings (SSSR count). The number of hydrogen-bond acceptors (Lipinski definition) is 4. The molecule has 0 unspecified atom stereocenters. The third kappa shape index (κ3) is 5.66. The van der Waals surface area contributed by atoms with Crippen molar-refractivity contribution in [2.45, 2.75) is 25.4 Å². The zero-order chi connectivity index (χ0) is 18.4. The van der Waals surface area contributed by atoms with E-state index in [-0.39, 0.29) is 36.6 Å². The Bertz CT molecular complexity index is 749. The molecule has 1 heterocycles. The molecule has 1 amide bonds. The maximum Gasteiger partial charge on any atom is 0.471 e. The van der Waals surface area contributed by atoms with Gasteiger partial charge in [0.25, 0.3) is 6.08 Å². The first-order valence-electron chi connectivity index (χ1n) is 7.08. The van der Waals surface area contributed by atoms with Crippen molar-refractivity contribution < 1.29 is 31.3 Å².